The smallest absolute Gasteiger partial charge is 0.227 e. The zero-order valence-electron chi connectivity index (χ0n) is 32.1. The van der Waals surface area contributed by atoms with Crippen LogP contribution in [0.3, 0.4) is 0 Å². The van der Waals surface area contributed by atoms with Crippen molar-refractivity contribution in [2.45, 2.75) is 5.41 Å². The second-order valence-electron chi connectivity index (χ2n) is 15.5. The SMILES string of the molecule is c1ccc(-n2c3ccc(-c4ccc(-c5nc6ccccc6o5)cc4)cc3c3cc(-c4ccc5c(c4)C(c4ccccc4)(c4ccccc4)c4ccccc4-5)ccc32)cc1. The third-order valence-electron chi connectivity index (χ3n) is 12.3. The molecule has 0 spiro atoms. The molecule has 3 nitrogen and oxygen atoms in total. The van der Waals surface area contributed by atoms with Crippen molar-refractivity contribution in [3.63, 3.8) is 0 Å². The van der Waals surface area contributed by atoms with Gasteiger partial charge in [0.05, 0.1) is 16.4 Å². The summed E-state index contributed by atoms with van der Waals surface area (Å²) in [6.07, 6.45) is 0. The summed E-state index contributed by atoms with van der Waals surface area (Å²) in [6, 6.07) is 79.1. The first-order chi connectivity index (χ1) is 29.2. The number of benzene rings is 9. The van der Waals surface area contributed by atoms with E-state index in [9.17, 15) is 0 Å². The van der Waals surface area contributed by atoms with Crippen LogP contribution in [0.25, 0.3) is 83.4 Å². The van der Waals surface area contributed by atoms with E-state index in [1.165, 1.54) is 66.3 Å². The number of hydrogen-bond acceptors (Lipinski definition) is 2. The molecule has 1 aliphatic carbocycles. The van der Waals surface area contributed by atoms with Crippen molar-refractivity contribution in [2.75, 3.05) is 0 Å². The van der Waals surface area contributed by atoms with Gasteiger partial charge in [0.1, 0.15) is 5.52 Å². The lowest BCUT2D eigenvalue weighted by Crippen LogP contribution is -2.28. The van der Waals surface area contributed by atoms with Crippen molar-refractivity contribution in [3.05, 3.63) is 241 Å². The molecule has 0 fully saturated rings. The molecule has 0 N–H and O–H groups in total. The number of rotatable bonds is 6. The molecule has 0 saturated carbocycles. The molecule has 0 aliphatic heterocycles. The Morgan fingerprint density at radius 1 is 0.390 bits per heavy atom. The molecule has 11 aromatic rings. The van der Waals surface area contributed by atoms with E-state index in [-0.39, 0.29) is 0 Å². The quantitative estimate of drug-likeness (QED) is 0.169. The molecule has 0 bridgehead atoms. The van der Waals surface area contributed by atoms with Gasteiger partial charge in [-0.1, -0.05) is 152 Å². The van der Waals surface area contributed by atoms with Gasteiger partial charge in [0, 0.05) is 22.0 Å². The predicted octanol–water partition coefficient (Wildman–Crippen LogP) is 14.3. The monoisotopic (exact) mass is 752 g/mol. The zero-order chi connectivity index (χ0) is 38.9. The van der Waals surface area contributed by atoms with Crippen LogP contribution in [0, 0.1) is 0 Å². The number of oxazole rings is 1. The number of fused-ring (bicyclic) bond motifs is 7. The van der Waals surface area contributed by atoms with E-state index in [4.69, 9.17) is 9.40 Å². The van der Waals surface area contributed by atoms with Gasteiger partial charge in [0.2, 0.25) is 5.89 Å². The molecule has 0 saturated heterocycles. The van der Waals surface area contributed by atoms with Crippen LogP contribution in [-0.2, 0) is 5.41 Å². The minimum absolute atomic E-state index is 0.456. The third kappa shape index (κ3) is 5.11. The average Bonchev–Trinajstić information content (AvgIpc) is 3.98. The van der Waals surface area contributed by atoms with Crippen molar-refractivity contribution in [1.82, 2.24) is 9.55 Å². The highest BCUT2D eigenvalue weighted by molar-refractivity contribution is 6.11. The molecular formula is C56H36N2O. The molecule has 0 unspecified atom stereocenters. The predicted molar refractivity (Wildman–Crippen MR) is 242 cm³/mol. The molecular weight excluding hydrogens is 717 g/mol. The zero-order valence-corrected chi connectivity index (χ0v) is 32.1. The normalized spacial score (nSPS) is 12.9. The first-order valence-electron chi connectivity index (χ1n) is 20.2. The largest absolute Gasteiger partial charge is 0.436 e. The van der Waals surface area contributed by atoms with Crippen LogP contribution in [0.2, 0.25) is 0 Å². The van der Waals surface area contributed by atoms with Crippen LogP contribution in [0.1, 0.15) is 22.3 Å². The van der Waals surface area contributed by atoms with Crippen LogP contribution in [-0.4, -0.2) is 9.55 Å². The van der Waals surface area contributed by atoms with Crippen LogP contribution in [0.15, 0.2) is 223 Å². The molecule has 2 heterocycles. The van der Waals surface area contributed by atoms with E-state index in [1.54, 1.807) is 0 Å². The van der Waals surface area contributed by atoms with Gasteiger partial charge in [-0.2, -0.15) is 0 Å². The Labute approximate surface area is 342 Å². The lowest BCUT2D eigenvalue weighted by Gasteiger charge is -2.34. The summed E-state index contributed by atoms with van der Waals surface area (Å²) in [5, 5.41) is 2.43. The van der Waals surface area contributed by atoms with Crippen LogP contribution < -0.4 is 0 Å². The summed E-state index contributed by atoms with van der Waals surface area (Å²) in [7, 11) is 0. The summed E-state index contributed by atoms with van der Waals surface area (Å²) in [5.41, 5.74) is 18.1. The summed E-state index contributed by atoms with van der Waals surface area (Å²) in [4.78, 5) is 4.72. The maximum atomic E-state index is 6.08. The lowest BCUT2D eigenvalue weighted by atomic mass is 9.67. The van der Waals surface area contributed by atoms with E-state index < -0.39 is 5.41 Å². The van der Waals surface area contributed by atoms with Crippen molar-refractivity contribution in [1.29, 1.82) is 0 Å². The maximum absolute atomic E-state index is 6.08. The van der Waals surface area contributed by atoms with E-state index in [0.717, 1.165) is 33.5 Å². The fourth-order valence-corrected chi connectivity index (χ4v) is 9.66. The maximum Gasteiger partial charge on any atom is 0.227 e. The number of aromatic nitrogens is 2. The highest BCUT2D eigenvalue weighted by Gasteiger charge is 2.46. The van der Waals surface area contributed by atoms with Crippen molar-refractivity contribution in [3.8, 4) is 50.5 Å². The number of hydrogen-bond donors (Lipinski definition) is 0. The first kappa shape index (κ1) is 33.4. The Balaban J connectivity index is 1.03. The Morgan fingerprint density at radius 2 is 0.898 bits per heavy atom. The van der Waals surface area contributed by atoms with E-state index in [2.05, 4.69) is 199 Å². The van der Waals surface area contributed by atoms with Gasteiger partial charge in [-0.05, 0) is 122 Å². The minimum atomic E-state index is -0.456. The summed E-state index contributed by atoms with van der Waals surface area (Å²) in [6.45, 7) is 0. The van der Waals surface area contributed by atoms with Gasteiger partial charge in [0.25, 0.3) is 0 Å². The van der Waals surface area contributed by atoms with Crippen LogP contribution in [0.4, 0.5) is 0 Å². The van der Waals surface area contributed by atoms with Gasteiger partial charge >= 0.3 is 0 Å². The molecule has 276 valence electrons. The lowest BCUT2D eigenvalue weighted by molar-refractivity contribution is 0.620. The fraction of sp³-hybridized carbons (Fsp3) is 0.0179. The second kappa shape index (κ2) is 13.2. The molecule has 0 radical (unpaired) electrons. The van der Waals surface area contributed by atoms with Gasteiger partial charge in [-0.25, -0.2) is 4.98 Å². The van der Waals surface area contributed by atoms with Gasteiger partial charge in [0.15, 0.2) is 5.58 Å². The molecule has 12 rings (SSSR count). The Morgan fingerprint density at radius 3 is 1.58 bits per heavy atom. The number of para-hydroxylation sites is 3. The van der Waals surface area contributed by atoms with Gasteiger partial charge < -0.3 is 8.98 Å². The summed E-state index contributed by atoms with van der Waals surface area (Å²) >= 11 is 0. The summed E-state index contributed by atoms with van der Waals surface area (Å²) < 4.78 is 8.47. The standard InChI is InChI=1S/C56H36N2O/c1-4-14-42(15-5-1)56(43-16-6-2-7-17-43)49-21-11-10-20-45(49)46-31-28-41(36-50(46)56)40-30-33-53-48(35-40)47-34-39(29-32-52(47)58(53)44-18-8-3-9-19-44)37-24-26-38(27-25-37)55-57-51-22-12-13-23-54(51)59-55/h1-36H. The average molecular weight is 753 g/mol. The van der Waals surface area contributed by atoms with Crippen molar-refractivity contribution < 1.29 is 4.42 Å². The molecule has 1 aliphatic rings. The highest BCUT2D eigenvalue weighted by Crippen LogP contribution is 2.56. The highest BCUT2D eigenvalue weighted by atomic mass is 16.3. The molecule has 3 heteroatoms. The topological polar surface area (TPSA) is 31.0 Å². The van der Waals surface area contributed by atoms with E-state index >= 15 is 0 Å². The Hall–Kier alpha value is -7.75. The Bertz CT molecular complexity index is 3290. The van der Waals surface area contributed by atoms with Crippen LogP contribution >= 0.6 is 0 Å². The van der Waals surface area contributed by atoms with Gasteiger partial charge in [-0.3, -0.25) is 0 Å². The van der Waals surface area contributed by atoms with Crippen LogP contribution in [0.5, 0.6) is 0 Å². The molecule has 59 heavy (non-hydrogen) atoms. The fourth-order valence-electron chi connectivity index (χ4n) is 9.66. The third-order valence-corrected chi connectivity index (χ3v) is 12.3. The number of nitrogens with zero attached hydrogens (tertiary/aromatic N) is 2. The first-order valence-corrected chi connectivity index (χ1v) is 20.2. The van der Waals surface area contributed by atoms with E-state index in [0.29, 0.717) is 5.89 Å². The second-order valence-corrected chi connectivity index (χ2v) is 15.5. The molecule has 0 amide bonds. The summed E-state index contributed by atoms with van der Waals surface area (Å²) in [5.74, 6) is 0.631. The van der Waals surface area contributed by atoms with Crippen molar-refractivity contribution in [2.24, 2.45) is 0 Å². The molecule has 2 aromatic heterocycles. The van der Waals surface area contributed by atoms with E-state index in [1.807, 2.05) is 24.3 Å². The Kier molecular flexibility index (Phi) is 7.45. The minimum Gasteiger partial charge on any atom is -0.436 e. The van der Waals surface area contributed by atoms with Crippen molar-refractivity contribution >= 4 is 32.9 Å². The molecule has 9 aromatic carbocycles. The molecule has 0 atom stereocenters. The van der Waals surface area contributed by atoms with Gasteiger partial charge in [-0.15, -0.1) is 0 Å².